The minimum atomic E-state index is -5.04. The summed E-state index contributed by atoms with van der Waals surface area (Å²) in [6, 6.07) is 7.86. The van der Waals surface area contributed by atoms with Crippen LogP contribution in [0, 0.1) is 0 Å². The smallest absolute Gasteiger partial charge is 0.318 e. The van der Waals surface area contributed by atoms with E-state index >= 15 is 0 Å². The van der Waals surface area contributed by atoms with Gasteiger partial charge in [-0.2, -0.15) is 13.2 Å². The molecule has 21 heavy (non-hydrogen) atoms. The van der Waals surface area contributed by atoms with Crippen LogP contribution < -0.4 is 5.32 Å². The zero-order chi connectivity index (χ0) is 15.8. The number of carbonyl (C=O) groups is 1. The molecule has 2 aromatic rings. The molecule has 0 heterocycles. The van der Waals surface area contributed by atoms with Gasteiger partial charge in [0.2, 0.25) is 0 Å². The second kappa shape index (κ2) is 5.19. The van der Waals surface area contributed by atoms with Crippen LogP contribution in [0.4, 0.5) is 18.9 Å². The van der Waals surface area contributed by atoms with Gasteiger partial charge in [-0.3, -0.25) is 4.79 Å². The molecular formula is C12H7ClF3NO3S. The minimum absolute atomic E-state index is 0.118. The molecule has 0 fully saturated rings. The van der Waals surface area contributed by atoms with E-state index in [1.165, 1.54) is 36.4 Å². The average molecular weight is 338 g/mol. The summed E-state index contributed by atoms with van der Waals surface area (Å²) in [5.74, 6) is -2.14. The van der Waals surface area contributed by atoms with Crippen molar-refractivity contribution < 1.29 is 26.4 Å². The van der Waals surface area contributed by atoms with Crippen molar-refractivity contribution in [2.75, 3.05) is 5.32 Å². The van der Waals surface area contributed by atoms with E-state index < -0.39 is 21.1 Å². The number of rotatable bonds is 2. The van der Waals surface area contributed by atoms with Crippen molar-refractivity contribution >= 4 is 42.1 Å². The molecule has 0 aliphatic heterocycles. The van der Waals surface area contributed by atoms with E-state index in [0.717, 1.165) is 0 Å². The van der Waals surface area contributed by atoms with Crippen LogP contribution in [0.3, 0.4) is 0 Å². The summed E-state index contributed by atoms with van der Waals surface area (Å²) in [7, 11) is 1.21. The van der Waals surface area contributed by atoms with Gasteiger partial charge in [0.1, 0.15) is 0 Å². The van der Waals surface area contributed by atoms with Gasteiger partial charge in [0.05, 0.1) is 4.90 Å². The van der Waals surface area contributed by atoms with Gasteiger partial charge < -0.3 is 5.32 Å². The maximum Gasteiger partial charge on any atom is 0.471 e. The maximum absolute atomic E-state index is 12.3. The first-order chi connectivity index (χ1) is 9.60. The molecule has 0 aliphatic rings. The van der Waals surface area contributed by atoms with E-state index in [1.54, 1.807) is 5.32 Å². The van der Waals surface area contributed by atoms with Crippen LogP contribution in [0.2, 0.25) is 0 Å². The van der Waals surface area contributed by atoms with Crippen LogP contribution >= 0.6 is 10.7 Å². The Morgan fingerprint density at radius 2 is 1.62 bits per heavy atom. The highest BCUT2D eigenvalue weighted by molar-refractivity contribution is 8.14. The third-order valence-electron chi connectivity index (χ3n) is 2.65. The fourth-order valence-corrected chi connectivity index (χ4v) is 2.88. The van der Waals surface area contributed by atoms with E-state index in [4.69, 9.17) is 10.7 Å². The van der Waals surface area contributed by atoms with Crippen molar-refractivity contribution in [2.24, 2.45) is 0 Å². The lowest BCUT2D eigenvalue weighted by molar-refractivity contribution is -0.167. The molecule has 0 bridgehead atoms. The Morgan fingerprint density at radius 3 is 2.19 bits per heavy atom. The first kappa shape index (κ1) is 15.6. The van der Waals surface area contributed by atoms with Gasteiger partial charge in [0.15, 0.2) is 0 Å². The second-order valence-electron chi connectivity index (χ2n) is 4.05. The van der Waals surface area contributed by atoms with Gasteiger partial charge in [-0.1, -0.05) is 24.3 Å². The molecule has 2 rings (SSSR count). The van der Waals surface area contributed by atoms with Crippen molar-refractivity contribution in [2.45, 2.75) is 11.1 Å². The third-order valence-corrected chi connectivity index (χ3v) is 4.03. The van der Waals surface area contributed by atoms with Crippen LogP contribution in [-0.4, -0.2) is 20.5 Å². The van der Waals surface area contributed by atoms with Crippen LogP contribution in [0.5, 0.6) is 0 Å². The van der Waals surface area contributed by atoms with E-state index in [0.29, 0.717) is 0 Å². The van der Waals surface area contributed by atoms with Crippen LogP contribution in [0.1, 0.15) is 0 Å². The van der Waals surface area contributed by atoms with Crippen LogP contribution in [0.15, 0.2) is 41.3 Å². The summed E-state index contributed by atoms with van der Waals surface area (Å²) in [6.45, 7) is 0. The van der Waals surface area contributed by atoms with Crippen molar-refractivity contribution in [1.82, 2.24) is 0 Å². The lowest BCUT2D eigenvalue weighted by Gasteiger charge is -2.11. The Labute approximate surface area is 121 Å². The Morgan fingerprint density at radius 1 is 1.05 bits per heavy atom. The Hall–Kier alpha value is -1.80. The van der Waals surface area contributed by atoms with Gasteiger partial charge in [0.25, 0.3) is 9.05 Å². The van der Waals surface area contributed by atoms with E-state index in [9.17, 15) is 26.4 Å². The largest absolute Gasteiger partial charge is 0.471 e. The number of hydrogen-bond acceptors (Lipinski definition) is 3. The molecule has 0 saturated heterocycles. The van der Waals surface area contributed by atoms with Crippen molar-refractivity contribution in [3.63, 3.8) is 0 Å². The van der Waals surface area contributed by atoms with E-state index in [1.807, 2.05) is 0 Å². The number of amides is 1. The standard InChI is InChI=1S/C12H7ClF3NO3S/c13-21(19,20)10-6-2-3-7-8(10)4-1-5-9(7)17-11(18)12(14,15)16/h1-6H,(H,17,18). The number of anilines is 1. The molecule has 9 heteroatoms. The molecule has 1 amide bonds. The molecule has 0 atom stereocenters. The minimum Gasteiger partial charge on any atom is -0.318 e. The second-order valence-corrected chi connectivity index (χ2v) is 6.58. The monoisotopic (exact) mass is 337 g/mol. The molecule has 4 nitrogen and oxygen atoms in total. The molecule has 2 aromatic carbocycles. The maximum atomic E-state index is 12.3. The van der Waals surface area contributed by atoms with Crippen molar-refractivity contribution in [1.29, 1.82) is 0 Å². The fraction of sp³-hybridized carbons (Fsp3) is 0.0833. The number of halogens is 4. The van der Waals surface area contributed by atoms with Crippen molar-refractivity contribution in [3.05, 3.63) is 36.4 Å². The zero-order valence-electron chi connectivity index (χ0n) is 10.1. The summed E-state index contributed by atoms with van der Waals surface area (Å²) < 4.78 is 59.7. The highest BCUT2D eigenvalue weighted by Crippen LogP contribution is 2.31. The molecule has 0 aromatic heterocycles. The zero-order valence-corrected chi connectivity index (χ0v) is 11.7. The van der Waals surface area contributed by atoms with Crippen molar-refractivity contribution in [3.8, 4) is 0 Å². The summed E-state index contributed by atoms with van der Waals surface area (Å²) in [6.07, 6.45) is -5.04. The van der Waals surface area contributed by atoms with E-state index in [-0.39, 0.29) is 21.4 Å². The normalized spacial score (nSPS) is 12.4. The summed E-state index contributed by atoms with van der Waals surface area (Å²) >= 11 is 0. The number of hydrogen-bond donors (Lipinski definition) is 1. The predicted octanol–water partition coefficient (Wildman–Crippen LogP) is 3.27. The third kappa shape index (κ3) is 3.27. The molecule has 0 saturated carbocycles. The SMILES string of the molecule is O=C(Nc1cccc2c(S(=O)(=O)Cl)cccc12)C(F)(F)F. The summed E-state index contributed by atoms with van der Waals surface area (Å²) in [5, 5.41) is 1.96. The van der Waals surface area contributed by atoms with Gasteiger partial charge in [-0.05, 0) is 12.1 Å². The first-order valence-corrected chi connectivity index (χ1v) is 7.76. The van der Waals surface area contributed by atoms with Gasteiger partial charge >= 0.3 is 12.1 Å². The number of fused-ring (bicyclic) bond motifs is 1. The quantitative estimate of drug-likeness (QED) is 0.855. The molecule has 0 spiro atoms. The highest BCUT2D eigenvalue weighted by Gasteiger charge is 2.38. The fourth-order valence-electron chi connectivity index (χ4n) is 1.80. The van der Waals surface area contributed by atoms with Gasteiger partial charge in [-0.15, -0.1) is 0 Å². The molecular weight excluding hydrogens is 331 g/mol. The lowest BCUT2D eigenvalue weighted by Crippen LogP contribution is -2.29. The Bertz CT molecular complexity index is 818. The van der Waals surface area contributed by atoms with Crippen LogP contribution in [-0.2, 0) is 13.8 Å². The van der Waals surface area contributed by atoms with E-state index in [2.05, 4.69) is 0 Å². The predicted molar refractivity (Wildman–Crippen MR) is 71.7 cm³/mol. The number of nitrogens with one attached hydrogen (secondary N) is 1. The van der Waals surface area contributed by atoms with Crippen LogP contribution in [0.25, 0.3) is 10.8 Å². The average Bonchev–Trinajstić information content (AvgIpc) is 2.36. The van der Waals surface area contributed by atoms with Gasteiger partial charge in [0, 0.05) is 27.1 Å². The summed E-state index contributed by atoms with van der Waals surface area (Å²) in [5.41, 5.74) is -0.156. The molecule has 112 valence electrons. The molecule has 0 radical (unpaired) electrons. The lowest BCUT2D eigenvalue weighted by atomic mass is 10.1. The molecule has 1 N–H and O–H groups in total. The summed E-state index contributed by atoms with van der Waals surface area (Å²) in [4.78, 5) is 10.7. The topological polar surface area (TPSA) is 63.2 Å². The number of carbonyl (C=O) groups excluding carboxylic acids is 1. The Kier molecular flexibility index (Phi) is 3.85. The molecule has 0 aliphatic carbocycles. The van der Waals surface area contributed by atoms with Gasteiger partial charge in [-0.25, -0.2) is 8.42 Å². The highest BCUT2D eigenvalue weighted by atomic mass is 35.7. The first-order valence-electron chi connectivity index (χ1n) is 5.45. The number of alkyl halides is 3. The Balaban J connectivity index is 2.61. The molecule has 0 unspecified atom stereocenters. The number of benzene rings is 2.